The first kappa shape index (κ1) is 17.3. The molecule has 0 spiro atoms. The van der Waals surface area contributed by atoms with Gasteiger partial charge in [-0.1, -0.05) is 46.3 Å². The molecule has 0 bridgehead atoms. The number of nitrogens with one attached hydrogen (secondary N) is 2. The second-order valence-electron chi connectivity index (χ2n) is 5.25. The maximum atomic E-state index is 12.0. The van der Waals surface area contributed by atoms with Gasteiger partial charge in [-0.2, -0.15) is 0 Å². The summed E-state index contributed by atoms with van der Waals surface area (Å²) in [6.07, 6.45) is 1.48. The molecule has 2 aromatic carbocycles. The Bertz CT molecular complexity index is 859. The Kier molecular flexibility index (Phi) is 5.25. The summed E-state index contributed by atoms with van der Waals surface area (Å²) < 4.78 is 6.66. The van der Waals surface area contributed by atoms with Gasteiger partial charge in [0, 0.05) is 10.0 Å². The number of carbonyl (C=O) groups excluding carboxylic acids is 2. The Labute approximate surface area is 158 Å². The lowest BCUT2D eigenvalue weighted by molar-refractivity contribution is -0.123. The van der Waals surface area contributed by atoms with Crippen molar-refractivity contribution >= 4 is 51.2 Å². The van der Waals surface area contributed by atoms with Crippen molar-refractivity contribution < 1.29 is 14.3 Å². The minimum Gasteiger partial charge on any atom is -0.488 e. The Balaban J connectivity index is 1.89. The van der Waals surface area contributed by atoms with E-state index in [-0.39, 0.29) is 10.7 Å². The van der Waals surface area contributed by atoms with E-state index in [9.17, 15) is 9.59 Å². The summed E-state index contributed by atoms with van der Waals surface area (Å²) in [4.78, 5) is 24.0. The Hall–Kier alpha value is -2.51. The highest BCUT2D eigenvalue weighted by atomic mass is 79.9. The van der Waals surface area contributed by atoms with E-state index in [0.717, 1.165) is 10.0 Å². The first-order chi connectivity index (χ1) is 12.0. The minimum atomic E-state index is -0.539. The summed E-state index contributed by atoms with van der Waals surface area (Å²) in [7, 11) is 0. The third-order valence-corrected chi connectivity index (χ3v) is 4.15. The van der Waals surface area contributed by atoms with Gasteiger partial charge in [-0.25, -0.2) is 0 Å². The second-order valence-corrected chi connectivity index (χ2v) is 6.58. The maximum Gasteiger partial charge on any atom is 0.263 e. The molecule has 126 valence electrons. The molecule has 0 saturated carbocycles. The summed E-state index contributed by atoms with van der Waals surface area (Å²) >= 11 is 8.19. The molecule has 2 aromatic rings. The second kappa shape index (κ2) is 7.58. The normalized spacial score (nSPS) is 14.0. The van der Waals surface area contributed by atoms with Crippen molar-refractivity contribution in [3.05, 3.63) is 69.7 Å². The number of carbonyl (C=O) groups is 2. The molecule has 25 heavy (non-hydrogen) atoms. The van der Waals surface area contributed by atoms with E-state index in [2.05, 4.69) is 26.6 Å². The van der Waals surface area contributed by atoms with E-state index >= 15 is 0 Å². The van der Waals surface area contributed by atoms with Crippen molar-refractivity contribution in [3.8, 4) is 5.75 Å². The Morgan fingerprint density at radius 2 is 1.72 bits per heavy atom. The van der Waals surface area contributed by atoms with E-state index in [0.29, 0.717) is 17.9 Å². The monoisotopic (exact) mass is 416 g/mol. The summed E-state index contributed by atoms with van der Waals surface area (Å²) in [5, 5.41) is 4.83. The fraction of sp³-hybridized carbons (Fsp3) is 0.0556. The third kappa shape index (κ3) is 4.32. The molecular formula is C18H13BrN2O3S. The molecule has 1 fully saturated rings. The van der Waals surface area contributed by atoms with Crippen LogP contribution in [0.2, 0.25) is 0 Å². The molecule has 5 nitrogen and oxygen atoms in total. The Morgan fingerprint density at radius 3 is 2.40 bits per heavy atom. The van der Waals surface area contributed by atoms with Gasteiger partial charge in [-0.15, -0.1) is 0 Å². The fourth-order valence-corrected chi connectivity index (χ4v) is 2.82. The van der Waals surface area contributed by atoms with Crippen LogP contribution in [0.25, 0.3) is 6.08 Å². The van der Waals surface area contributed by atoms with Crippen molar-refractivity contribution in [2.75, 3.05) is 0 Å². The molecule has 1 aliphatic heterocycles. The molecule has 0 atom stereocenters. The third-order valence-electron chi connectivity index (χ3n) is 3.45. The standard InChI is InChI=1S/C18H13BrN2O3S/c19-13-6-7-15(24-10-11-4-2-1-3-5-11)12(8-13)9-14-16(22)20-18(25)21-17(14)23/h1-9H,10H2,(H2,20,21,22,23,25). The van der Waals surface area contributed by atoms with Gasteiger partial charge in [0.1, 0.15) is 17.9 Å². The summed E-state index contributed by atoms with van der Waals surface area (Å²) in [6, 6.07) is 15.1. The van der Waals surface area contributed by atoms with Gasteiger partial charge in [-0.3, -0.25) is 20.2 Å². The quantitative estimate of drug-likeness (QED) is 0.456. The number of rotatable bonds is 4. The molecule has 3 rings (SSSR count). The van der Waals surface area contributed by atoms with Crippen LogP contribution in [0.15, 0.2) is 58.6 Å². The van der Waals surface area contributed by atoms with Gasteiger partial charge in [0.05, 0.1) is 0 Å². The molecule has 2 amide bonds. The van der Waals surface area contributed by atoms with Crippen molar-refractivity contribution in [1.29, 1.82) is 0 Å². The number of ether oxygens (including phenoxy) is 1. The molecule has 1 heterocycles. The molecule has 0 aliphatic carbocycles. The molecule has 0 aromatic heterocycles. The summed E-state index contributed by atoms with van der Waals surface area (Å²) in [6.45, 7) is 0.376. The van der Waals surface area contributed by atoms with E-state index < -0.39 is 11.8 Å². The van der Waals surface area contributed by atoms with Crippen molar-refractivity contribution in [1.82, 2.24) is 10.6 Å². The molecule has 2 N–H and O–H groups in total. The lowest BCUT2D eigenvalue weighted by Gasteiger charge is -2.17. The maximum absolute atomic E-state index is 12.0. The number of hydrogen-bond donors (Lipinski definition) is 2. The van der Waals surface area contributed by atoms with Crippen LogP contribution in [-0.4, -0.2) is 16.9 Å². The molecule has 0 radical (unpaired) electrons. The topological polar surface area (TPSA) is 67.4 Å². The zero-order valence-corrected chi connectivity index (χ0v) is 15.3. The highest BCUT2D eigenvalue weighted by Crippen LogP contribution is 2.27. The Morgan fingerprint density at radius 1 is 1.04 bits per heavy atom. The van der Waals surface area contributed by atoms with E-state index in [1.54, 1.807) is 12.1 Å². The first-order valence-electron chi connectivity index (χ1n) is 7.37. The summed E-state index contributed by atoms with van der Waals surface area (Å²) in [5.74, 6) is -0.515. The van der Waals surface area contributed by atoms with Crippen LogP contribution in [-0.2, 0) is 16.2 Å². The molecular weight excluding hydrogens is 404 g/mol. The van der Waals surface area contributed by atoms with Gasteiger partial charge >= 0.3 is 0 Å². The number of benzene rings is 2. The van der Waals surface area contributed by atoms with Gasteiger partial charge in [0.15, 0.2) is 5.11 Å². The summed E-state index contributed by atoms with van der Waals surface area (Å²) in [5.41, 5.74) is 1.59. The van der Waals surface area contributed by atoms with Crippen LogP contribution < -0.4 is 15.4 Å². The highest BCUT2D eigenvalue weighted by molar-refractivity contribution is 9.10. The zero-order chi connectivity index (χ0) is 17.8. The smallest absolute Gasteiger partial charge is 0.263 e. The number of halogens is 1. The van der Waals surface area contributed by atoms with E-state index in [1.165, 1.54) is 6.08 Å². The van der Waals surface area contributed by atoms with Crippen LogP contribution in [0.1, 0.15) is 11.1 Å². The van der Waals surface area contributed by atoms with E-state index in [4.69, 9.17) is 17.0 Å². The van der Waals surface area contributed by atoms with Crippen LogP contribution in [0, 0.1) is 0 Å². The van der Waals surface area contributed by atoms with Crippen molar-refractivity contribution in [2.24, 2.45) is 0 Å². The molecule has 7 heteroatoms. The molecule has 0 unspecified atom stereocenters. The van der Waals surface area contributed by atoms with Crippen LogP contribution in [0.3, 0.4) is 0 Å². The van der Waals surface area contributed by atoms with Gasteiger partial charge < -0.3 is 4.74 Å². The van der Waals surface area contributed by atoms with Crippen LogP contribution >= 0.6 is 28.1 Å². The SMILES string of the molecule is O=C1NC(=S)NC(=O)C1=Cc1cc(Br)ccc1OCc1ccccc1. The number of thiocarbonyl (C=S) groups is 1. The largest absolute Gasteiger partial charge is 0.488 e. The van der Waals surface area contributed by atoms with E-state index in [1.807, 2.05) is 36.4 Å². The van der Waals surface area contributed by atoms with Crippen LogP contribution in [0.4, 0.5) is 0 Å². The van der Waals surface area contributed by atoms with Gasteiger partial charge in [0.25, 0.3) is 11.8 Å². The van der Waals surface area contributed by atoms with Crippen molar-refractivity contribution in [2.45, 2.75) is 6.61 Å². The highest BCUT2D eigenvalue weighted by Gasteiger charge is 2.26. The van der Waals surface area contributed by atoms with Crippen molar-refractivity contribution in [3.63, 3.8) is 0 Å². The number of amides is 2. The van der Waals surface area contributed by atoms with Gasteiger partial charge in [0.2, 0.25) is 0 Å². The fourth-order valence-electron chi connectivity index (χ4n) is 2.26. The lowest BCUT2D eigenvalue weighted by atomic mass is 10.1. The first-order valence-corrected chi connectivity index (χ1v) is 8.58. The predicted octanol–water partition coefficient (Wildman–Crippen LogP) is 2.94. The predicted molar refractivity (Wildman–Crippen MR) is 102 cm³/mol. The number of hydrogen-bond acceptors (Lipinski definition) is 4. The average molecular weight is 417 g/mol. The molecule has 1 aliphatic rings. The van der Waals surface area contributed by atoms with Gasteiger partial charge in [-0.05, 0) is 42.1 Å². The average Bonchev–Trinajstić information content (AvgIpc) is 2.58. The molecule has 1 saturated heterocycles. The zero-order valence-electron chi connectivity index (χ0n) is 12.9. The minimum absolute atomic E-state index is 0.00180. The van der Waals surface area contributed by atoms with Crippen LogP contribution in [0.5, 0.6) is 5.75 Å². The lowest BCUT2D eigenvalue weighted by Crippen LogP contribution is -2.51.